The first-order chi connectivity index (χ1) is 44.4. The molecule has 15 aromatic rings. The fourth-order valence-electron chi connectivity index (χ4n) is 13.6. The van der Waals surface area contributed by atoms with Crippen LogP contribution in [0.3, 0.4) is 0 Å². The number of hydrogen-bond acceptors (Lipinski definition) is 7. The van der Waals surface area contributed by atoms with E-state index in [4.69, 9.17) is 24.9 Å². The Bertz CT molecular complexity index is 5150. The van der Waals surface area contributed by atoms with Crippen molar-refractivity contribution < 1.29 is 0 Å². The molecular formula is C81H55BN8. The van der Waals surface area contributed by atoms with Crippen molar-refractivity contribution in [2.45, 2.75) is 13.8 Å². The fraction of sp³-hybridized carbons (Fsp3) is 0.0247. The van der Waals surface area contributed by atoms with Crippen LogP contribution in [-0.4, -0.2) is 36.2 Å². The van der Waals surface area contributed by atoms with Gasteiger partial charge < -0.3 is 14.4 Å². The van der Waals surface area contributed by atoms with Gasteiger partial charge in [-0.3, -0.25) is 0 Å². The molecule has 0 saturated carbocycles. The van der Waals surface area contributed by atoms with Gasteiger partial charge in [0, 0.05) is 78.3 Å². The lowest BCUT2D eigenvalue weighted by Crippen LogP contribution is -2.61. The van der Waals surface area contributed by atoms with E-state index in [1.807, 2.05) is 54.6 Å². The van der Waals surface area contributed by atoms with Crippen molar-refractivity contribution in [3.8, 4) is 84.9 Å². The molecule has 422 valence electrons. The zero-order chi connectivity index (χ0) is 59.8. The smallest absolute Gasteiger partial charge is 0.252 e. The van der Waals surface area contributed by atoms with Crippen LogP contribution in [0.25, 0.3) is 107 Å². The average Bonchev–Trinajstić information content (AvgIpc) is 0.756. The number of para-hydroxylation sites is 3. The summed E-state index contributed by atoms with van der Waals surface area (Å²) in [5.74, 6) is 2.31. The van der Waals surface area contributed by atoms with E-state index in [1.54, 1.807) is 0 Å². The third-order valence-electron chi connectivity index (χ3n) is 17.8. The molecule has 5 heterocycles. The molecule has 90 heavy (non-hydrogen) atoms. The first-order valence-corrected chi connectivity index (χ1v) is 30.6. The van der Waals surface area contributed by atoms with E-state index in [9.17, 15) is 0 Å². The minimum Gasteiger partial charge on any atom is -0.311 e. The van der Waals surface area contributed by atoms with Crippen LogP contribution < -0.4 is 26.2 Å². The second-order valence-electron chi connectivity index (χ2n) is 23.4. The van der Waals surface area contributed by atoms with Crippen LogP contribution in [0.5, 0.6) is 0 Å². The lowest BCUT2D eigenvalue weighted by atomic mass is 9.33. The third kappa shape index (κ3) is 8.97. The average molecular weight is 1150 g/mol. The minimum absolute atomic E-state index is 0.0784. The summed E-state index contributed by atoms with van der Waals surface area (Å²) >= 11 is 0. The normalized spacial score (nSPS) is 12.3. The monoisotopic (exact) mass is 1150 g/mol. The van der Waals surface area contributed by atoms with Crippen molar-refractivity contribution in [1.29, 1.82) is 0 Å². The number of anilines is 6. The number of benzene rings is 12. The Morgan fingerprint density at radius 2 is 0.689 bits per heavy atom. The summed E-state index contributed by atoms with van der Waals surface area (Å²) in [6, 6.07) is 106. The summed E-state index contributed by atoms with van der Waals surface area (Å²) in [4.78, 5) is 31.6. The highest BCUT2D eigenvalue weighted by Crippen LogP contribution is 2.45. The minimum atomic E-state index is 0.0784. The molecule has 0 unspecified atom stereocenters. The molecule has 17 rings (SSSR count). The number of aryl methyl sites for hydroxylation is 2. The van der Waals surface area contributed by atoms with Gasteiger partial charge in [0.1, 0.15) is 0 Å². The van der Waals surface area contributed by atoms with Gasteiger partial charge in [-0.25, -0.2) is 24.9 Å². The molecule has 2 aliphatic rings. The zero-order valence-electron chi connectivity index (χ0n) is 49.4. The first-order valence-electron chi connectivity index (χ1n) is 30.6. The van der Waals surface area contributed by atoms with Gasteiger partial charge in [-0.15, -0.1) is 0 Å². The SMILES string of the molecule is Cc1ccc2c(c1)c1cc(C)ccc1n2-c1ccc(-c2cc(-c3ccccc3)nc(-c3ccccc3)n2)cc1-c1nc(-c2ccccc2)nc(-c2ccc(-c3ccc(N4c5ccccc5B5c6ccccc6N(c6ccccc6)c6cccc4c65)cc3)cc2)n1. The predicted molar refractivity (Wildman–Crippen MR) is 371 cm³/mol. The molecule has 0 amide bonds. The summed E-state index contributed by atoms with van der Waals surface area (Å²) in [5.41, 5.74) is 25.6. The topological polar surface area (TPSA) is 75.9 Å². The number of rotatable bonds is 10. The second-order valence-corrected chi connectivity index (χ2v) is 23.4. The van der Waals surface area contributed by atoms with Crippen molar-refractivity contribution in [2.75, 3.05) is 9.80 Å². The number of hydrogen-bond donors (Lipinski definition) is 0. The number of nitrogens with zero attached hydrogens (tertiary/aromatic N) is 8. The van der Waals surface area contributed by atoms with Crippen molar-refractivity contribution in [3.05, 3.63) is 308 Å². The number of fused-ring (bicyclic) bond motifs is 7. The van der Waals surface area contributed by atoms with Crippen molar-refractivity contribution in [1.82, 2.24) is 29.5 Å². The fourth-order valence-corrected chi connectivity index (χ4v) is 13.6. The Morgan fingerprint density at radius 1 is 0.278 bits per heavy atom. The maximum Gasteiger partial charge on any atom is 0.252 e. The van der Waals surface area contributed by atoms with Crippen LogP contribution in [0.15, 0.2) is 297 Å². The van der Waals surface area contributed by atoms with E-state index in [0.29, 0.717) is 23.3 Å². The highest BCUT2D eigenvalue weighted by Gasteiger charge is 2.43. The van der Waals surface area contributed by atoms with Gasteiger partial charge in [0.25, 0.3) is 6.71 Å². The molecule has 0 N–H and O–H groups in total. The molecule has 2 aliphatic heterocycles. The lowest BCUT2D eigenvalue weighted by Gasteiger charge is -2.44. The summed E-state index contributed by atoms with van der Waals surface area (Å²) < 4.78 is 2.37. The lowest BCUT2D eigenvalue weighted by molar-refractivity contribution is 1.06. The molecule has 0 bridgehead atoms. The maximum atomic E-state index is 5.51. The van der Waals surface area contributed by atoms with Crippen LogP contribution >= 0.6 is 0 Å². The van der Waals surface area contributed by atoms with Gasteiger partial charge in [0.2, 0.25) is 0 Å². The Labute approximate surface area is 522 Å². The van der Waals surface area contributed by atoms with Crippen LogP contribution in [0.1, 0.15) is 11.1 Å². The number of aromatic nitrogens is 6. The molecular weight excluding hydrogens is 1100 g/mol. The van der Waals surface area contributed by atoms with E-state index >= 15 is 0 Å². The quantitative estimate of drug-likeness (QED) is 0.126. The van der Waals surface area contributed by atoms with Gasteiger partial charge in [0.15, 0.2) is 23.3 Å². The highest BCUT2D eigenvalue weighted by atomic mass is 15.2. The maximum absolute atomic E-state index is 5.51. The first kappa shape index (κ1) is 52.5. The van der Waals surface area contributed by atoms with Gasteiger partial charge in [-0.05, 0) is 132 Å². The van der Waals surface area contributed by atoms with Crippen molar-refractivity contribution in [2.24, 2.45) is 0 Å². The highest BCUT2D eigenvalue weighted by molar-refractivity contribution is 7.00. The van der Waals surface area contributed by atoms with Crippen LogP contribution in [0.4, 0.5) is 34.1 Å². The molecule has 0 atom stereocenters. The molecule has 0 fully saturated rings. The third-order valence-corrected chi connectivity index (χ3v) is 17.8. The molecule has 0 saturated heterocycles. The Balaban J connectivity index is 0.786. The van der Waals surface area contributed by atoms with Gasteiger partial charge in [-0.2, -0.15) is 0 Å². The van der Waals surface area contributed by atoms with E-state index in [2.05, 4.69) is 271 Å². The molecule has 0 spiro atoms. The van der Waals surface area contributed by atoms with E-state index in [0.717, 1.165) is 84.0 Å². The van der Waals surface area contributed by atoms with E-state index < -0.39 is 0 Å². The van der Waals surface area contributed by atoms with Gasteiger partial charge in [0.05, 0.1) is 28.1 Å². The summed E-state index contributed by atoms with van der Waals surface area (Å²) in [6.07, 6.45) is 0. The molecule has 12 aromatic carbocycles. The summed E-state index contributed by atoms with van der Waals surface area (Å²) in [5, 5.41) is 2.37. The van der Waals surface area contributed by atoms with E-state index in [1.165, 1.54) is 61.0 Å². The summed E-state index contributed by atoms with van der Waals surface area (Å²) in [7, 11) is 0. The Morgan fingerprint density at radius 3 is 1.24 bits per heavy atom. The Kier molecular flexibility index (Phi) is 12.6. The molecule has 0 radical (unpaired) electrons. The van der Waals surface area contributed by atoms with Crippen LogP contribution in [0, 0.1) is 13.8 Å². The summed E-state index contributed by atoms with van der Waals surface area (Å²) in [6.45, 7) is 4.39. The zero-order valence-corrected chi connectivity index (χ0v) is 49.4. The molecule has 9 heteroatoms. The largest absolute Gasteiger partial charge is 0.311 e. The standard InChI is InChI=1S/C81H55BN8/c1-52-34-45-70-63(48-52)64-49-53(2)35-46-71(64)90(70)72-47-42-60(69-51-68(56-20-7-3-8-21-56)83-78(84-69)57-22-9-4-10-23-57)50-65(72)81-86-79(58-24-11-5-12-25-58)85-80(87-81)59-38-36-54(37-39-59)55-40-43-62(44-41-55)89-74-31-18-16-29-67(74)82-66-28-15-17-30-73(66)88(61-26-13-6-14-27-61)75-32-19-33-76(89)77(75)82/h3-51H,1-2H3. The van der Waals surface area contributed by atoms with Crippen LogP contribution in [-0.2, 0) is 0 Å². The second kappa shape index (κ2) is 21.6. The van der Waals surface area contributed by atoms with Crippen LogP contribution in [0.2, 0.25) is 0 Å². The molecule has 0 aliphatic carbocycles. The Hall–Kier alpha value is -11.8. The predicted octanol–water partition coefficient (Wildman–Crippen LogP) is 18.1. The van der Waals surface area contributed by atoms with Gasteiger partial charge >= 0.3 is 0 Å². The van der Waals surface area contributed by atoms with Gasteiger partial charge in [-0.1, -0.05) is 217 Å². The van der Waals surface area contributed by atoms with Crippen molar-refractivity contribution >= 4 is 79.0 Å². The van der Waals surface area contributed by atoms with Crippen molar-refractivity contribution in [3.63, 3.8) is 0 Å². The van der Waals surface area contributed by atoms with E-state index in [-0.39, 0.29) is 6.71 Å². The molecule has 3 aromatic heterocycles. The molecule has 8 nitrogen and oxygen atoms in total.